The molecule has 4 nitrogen and oxygen atoms in total. The van der Waals surface area contributed by atoms with E-state index in [4.69, 9.17) is 16.3 Å². The number of benzene rings is 1. The average molecular weight is 322 g/mol. The molecule has 92 valence electrons. The fourth-order valence-corrected chi connectivity index (χ4v) is 1.91. The van der Waals surface area contributed by atoms with Gasteiger partial charge in [-0.15, -0.1) is 0 Å². The van der Waals surface area contributed by atoms with Crippen molar-refractivity contribution < 1.29 is 19.1 Å². The van der Waals surface area contributed by atoms with Gasteiger partial charge >= 0.3 is 5.97 Å². The number of esters is 1. The van der Waals surface area contributed by atoms with Crippen molar-refractivity contribution in [2.75, 3.05) is 13.7 Å². The van der Waals surface area contributed by atoms with Gasteiger partial charge in [0.25, 0.3) is 5.78 Å². The molecule has 0 aliphatic heterocycles. The summed E-state index contributed by atoms with van der Waals surface area (Å²) >= 11 is 9.10. The summed E-state index contributed by atoms with van der Waals surface area (Å²) in [6, 6.07) is 2.89. The van der Waals surface area contributed by atoms with Crippen LogP contribution in [0.2, 0.25) is 5.02 Å². The molecule has 0 bridgehead atoms. The zero-order chi connectivity index (χ0) is 13.0. The second-order valence-corrected chi connectivity index (χ2v) is 4.28. The highest BCUT2D eigenvalue weighted by Crippen LogP contribution is 2.31. The Bertz CT molecular complexity index is 459. The second-order valence-electron chi connectivity index (χ2n) is 3.02. The Kier molecular flexibility index (Phi) is 4.96. The minimum absolute atomic E-state index is 0.0813. The highest BCUT2D eigenvalue weighted by molar-refractivity contribution is 9.10. The van der Waals surface area contributed by atoms with Crippen LogP contribution in [0.15, 0.2) is 16.6 Å². The van der Waals surface area contributed by atoms with Crippen molar-refractivity contribution in [2.24, 2.45) is 0 Å². The summed E-state index contributed by atoms with van der Waals surface area (Å²) in [6.45, 7) is 1.76. The lowest BCUT2D eigenvalue weighted by atomic mass is 10.1. The predicted octanol–water partition coefficient (Wildman–Crippen LogP) is 2.86. The third kappa shape index (κ3) is 3.20. The van der Waals surface area contributed by atoms with Gasteiger partial charge in [-0.3, -0.25) is 4.79 Å². The van der Waals surface area contributed by atoms with Crippen LogP contribution < -0.4 is 4.74 Å². The van der Waals surface area contributed by atoms with Crippen molar-refractivity contribution in [1.29, 1.82) is 0 Å². The Hall–Kier alpha value is -1.07. The van der Waals surface area contributed by atoms with Crippen molar-refractivity contribution in [3.8, 4) is 5.75 Å². The highest BCUT2D eigenvalue weighted by atomic mass is 79.9. The molecule has 0 heterocycles. The molecule has 1 aromatic carbocycles. The van der Waals surface area contributed by atoms with E-state index in [9.17, 15) is 9.59 Å². The molecule has 6 heteroatoms. The molecule has 0 unspecified atom stereocenters. The van der Waals surface area contributed by atoms with Gasteiger partial charge in [0.15, 0.2) is 0 Å². The maximum atomic E-state index is 11.7. The van der Waals surface area contributed by atoms with E-state index in [0.717, 1.165) is 0 Å². The van der Waals surface area contributed by atoms with E-state index >= 15 is 0 Å². The molecular weight excluding hydrogens is 311 g/mol. The molecule has 0 atom stereocenters. The largest absolute Gasteiger partial charge is 0.496 e. The van der Waals surface area contributed by atoms with Crippen LogP contribution in [0, 0.1) is 0 Å². The Balaban J connectivity index is 3.11. The maximum Gasteiger partial charge on any atom is 0.379 e. The van der Waals surface area contributed by atoms with E-state index < -0.39 is 11.8 Å². The van der Waals surface area contributed by atoms with Gasteiger partial charge in [0.05, 0.1) is 23.2 Å². The van der Waals surface area contributed by atoms with Gasteiger partial charge in [-0.25, -0.2) is 4.79 Å². The van der Waals surface area contributed by atoms with Gasteiger partial charge in [-0.1, -0.05) is 11.6 Å². The lowest BCUT2D eigenvalue weighted by Crippen LogP contribution is -2.18. The number of ketones is 1. The molecule has 0 saturated carbocycles. The van der Waals surface area contributed by atoms with Crippen LogP contribution in [0.25, 0.3) is 0 Å². The van der Waals surface area contributed by atoms with Crippen LogP contribution >= 0.6 is 27.5 Å². The van der Waals surface area contributed by atoms with Gasteiger partial charge in [-0.05, 0) is 28.9 Å². The van der Waals surface area contributed by atoms with Crippen LogP contribution in [0.1, 0.15) is 17.3 Å². The Morgan fingerprint density at radius 2 is 2.06 bits per heavy atom. The van der Waals surface area contributed by atoms with Gasteiger partial charge in [0.1, 0.15) is 5.75 Å². The number of carbonyl (C=O) groups is 2. The van der Waals surface area contributed by atoms with E-state index in [0.29, 0.717) is 10.2 Å². The average Bonchev–Trinajstić information content (AvgIpc) is 2.31. The minimum atomic E-state index is -0.925. The third-order valence-electron chi connectivity index (χ3n) is 1.95. The van der Waals surface area contributed by atoms with E-state index in [-0.39, 0.29) is 17.2 Å². The monoisotopic (exact) mass is 320 g/mol. The quantitative estimate of drug-likeness (QED) is 0.486. The molecule has 0 aromatic heterocycles. The van der Waals surface area contributed by atoms with E-state index in [1.54, 1.807) is 6.92 Å². The number of Topliss-reactive ketones (excluding diaryl/α,β-unsaturated/α-hetero) is 1. The first-order valence-electron chi connectivity index (χ1n) is 4.75. The number of hydrogen-bond acceptors (Lipinski definition) is 4. The summed E-state index contributed by atoms with van der Waals surface area (Å²) in [5, 5.41) is 0.142. The van der Waals surface area contributed by atoms with Crippen LogP contribution in [0.3, 0.4) is 0 Å². The molecule has 0 radical (unpaired) electrons. The minimum Gasteiger partial charge on any atom is -0.496 e. The Morgan fingerprint density at radius 1 is 1.41 bits per heavy atom. The highest BCUT2D eigenvalue weighted by Gasteiger charge is 2.21. The number of halogens is 2. The van der Waals surface area contributed by atoms with Gasteiger partial charge in [0.2, 0.25) is 0 Å². The first-order valence-corrected chi connectivity index (χ1v) is 5.92. The summed E-state index contributed by atoms with van der Waals surface area (Å²) in [6.07, 6.45) is 0. The first-order chi connectivity index (χ1) is 8.01. The number of hydrogen-bond donors (Lipinski definition) is 0. The molecule has 0 N–H and O–H groups in total. The SMILES string of the molecule is CCOC(=O)C(=O)c1cc(Br)c(OC)cc1Cl. The number of methoxy groups -OCH3 is 1. The van der Waals surface area contributed by atoms with Crippen molar-refractivity contribution in [1.82, 2.24) is 0 Å². The van der Waals surface area contributed by atoms with Crippen molar-refractivity contribution in [3.05, 3.63) is 27.2 Å². The maximum absolute atomic E-state index is 11.7. The zero-order valence-electron chi connectivity index (χ0n) is 9.25. The topological polar surface area (TPSA) is 52.6 Å². The summed E-state index contributed by atoms with van der Waals surface area (Å²) in [5.41, 5.74) is 0.0813. The summed E-state index contributed by atoms with van der Waals surface area (Å²) in [5.74, 6) is -1.22. The predicted molar refractivity (Wildman–Crippen MR) is 66.7 cm³/mol. The summed E-state index contributed by atoms with van der Waals surface area (Å²) in [4.78, 5) is 23.0. The van der Waals surface area contributed by atoms with Crippen LogP contribution in [-0.4, -0.2) is 25.5 Å². The van der Waals surface area contributed by atoms with Crippen molar-refractivity contribution in [3.63, 3.8) is 0 Å². The van der Waals surface area contributed by atoms with Gasteiger partial charge in [-0.2, -0.15) is 0 Å². The molecule has 0 saturated heterocycles. The normalized spacial score (nSPS) is 9.88. The molecule has 17 heavy (non-hydrogen) atoms. The third-order valence-corrected chi connectivity index (χ3v) is 2.88. The van der Waals surface area contributed by atoms with Gasteiger partial charge in [0, 0.05) is 11.6 Å². The zero-order valence-corrected chi connectivity index (χ0v) is 11.6. The van der Waals surface area contributed by atoms with E-state index in [1.807, 2.05) is 0 Å². The molecule has 0 aliphatic carbocycles. The molecule has 0 amide bonds. The molecule has 1 rings (SSSR count). The summed E-state index contributed by atoms with van der Waals surface area (Å²) < 4.78 is 10.2. The fourth-order valence-electron chi connectivity index (χ4n) is 1.17. The molecule has 0 aliphatic rings. The molecule has 0 fully saturated rings. The van der Waals surface area contributed by atoms with Crippen LogP contribution in [-0.2, 0) is 9.53 Å². The molecule has 0 spiro atoms. The fraction of sp³-hybridized carbons (Fsp3) is 0.273. The lowest BCUT2D eigenvalue weighted by Gasteiger charge is -2.07. The van der Waals surface area contributed by atoms with Crippen molar-refractivity contribution >= 4 is 39.3 Å². The van der Waals surface area contributed by atoms with E-state index in [1.165, 1.54) is 19.2 Å². The molecule has 1 aromatic rings. The van der Waals surface area contributed by atoms with Crippen molar-refractivity contribution in [2.45, 2.75) is 6.92 Å². The number of ether oxygens (including phenoxy) is 2. The number of carbonyl (C=O) groups excluding carboxylic acids is 2. The first kappa shape index (κ1) is 14.0. The number of rotatable bonds is 4. The standard InChI is InChI=1S/C11H10BrClO4/c1-3-17-11(15)10(14)6-4-7(12)9(16-2)5-8(6)13/h4-5H,3H2,1-2H3. The molecular formula is C11H10BrClO4. The Morgan fingerprint density at radius 3 is 2.59 bits per heavy atom. The van der Waals surface area contributed by atoms with Crippen LogP contribution in [0.4, 0.5) is 0 Å². The Labute approximate surface area is 112 Å². The van der Waals surface area contributed by atoms with Gasteiger partial charge < -0.3 is 9.47 Å². The van der Waals surface area contributed by atoms with Crippen LogP contribution in [0.5, 0.6) is 5.75 Å². The second kappa shape index (κ2) is 6.02. The summed E-state index contributed by atoms with van der Waals surface area (Å²) in [7, 11) is 1.48. The van der Waals surface area contributed by atoms with E-state index in [2.05, 4.69) is 20.7 Å². The smallest absolute Gasteiger partial charge is 0.379 e. The lowest BCUT2D eigenvalue weighted by molar-refractivity contribution is -0.137.